The molecule has 0 spiro atoms. The Hall–Kier alpha value is -2.42. The highest BCUT2D eigenvalue weighted by Gasteiger charge is 2.30. The number of alkyl halides is 3. The lowest BCUT2D eigenvalue weighted by Gasteiger charge is -2.10. The number of ether oxygens (including phenoxy) is 2. The number of aryl methyl sites for hydroxylation is 1. The summed E-state index contributed by atoms with van der Waals surface area (Å²) < 4.78 is 45.9. The summed E-state index contributed by atoms with van der Waals surface area (Å²) >= 11 is 1.77. The molecule has 1 aliphatic rings. The molecule has 1 heterocycles. The summed E-state index contributed by atoms with van der Waals surface area (Å²) in [7, 11) is 0. The lowest BCUT2D eigenvalue weighted by Crippen LogP contribution is -2.17. The molecule has 1 aromatic heterocycles. The number of pyridine rings is 1. The topological polar surface area (TPSA) is 63.9 Å². The number of hydrogen-bond acceptors (Lipinski definition) is 6. The molecule has 1 saturated carbocycles. The number of thioether (sulfide) groups is 1. The van der Waals surface area contributed by atoms with E-state index < -0.39 is 6.36 Å². The molecule has 1 aromatic carbocycles. The molecule has 0 amide bonds. The number of benzene rings is 1. The Bertz CT molecular complexity index is 805. The molecule has 156 valence electrons. The third kappa shape index (κ3) is 7.16. The molecule has 1 aliphatic carbocycles. The molecule has 9 heteroatoms. The molecular formula is C20H21F3N2O3S. The highest BCUT2D eigenvalue weighted by atomic mass is 32.2. The van der Waals surface area contributed by atoms with Crippen molar-refractivity contribution in [1.29, 1.82) is 0 Å². The Morgan fingerprint density at radius 1 is 1.10 bits per heavy atom. The molecule has 0 aliphatic heterocycles. The number of aromatic nitrogens is 1. The molecule has 3 rings (SSSR count). The maximum atomic E-state index is 12.2. The predicted molar refractivity (Wildman–Crippen MR) is 104 cm³/mol. The van der Waals surface area contributed by atoms with Crippen molar-refractivity contribution in [2.24, 2.45) is 5.16 Å². The second-order valence-corrected chi connectivity index (χ2v) is 7.96. The average molecular weight is 426 g/mol. The minimum Gasteiger partial charge on any atom is -0.438 e. The standard InChI is InChI=1S/C20H21F3N2O3S/c21-20(22,23)28-15-8-5-14(6-9-15)7-11-18(25-26)27-16-10-12-19(24-13-16)29-17-3-1-2-4-17/h5-6,8-10,12-13,17,26H,1-4,7,11H2/b25-18+. The van der Waals surface area contributed by atoms with Crippen LogP contribution >= 0.6 is 11.8 Å². The van der Waals surface area contributed by atoms with Crippen molar-refractivity contribution >= 4 is 17.7 Å². The van der Waals surface area contributed by atoms with Gasteiger partial charge in [0.2, 0.25) is 5.90 Å². The second kappa shape index (κ2) is 9.87. The van der Waals surface area contributed by atoms with Gasteiger partial charge >= 0.3 is 6.36 Å². The van der Waals surface area contributed by atoms with Gasteiger partial charge in [-0.05, 0) is 49.1 Å². The first-order valence-electron chi connectivity index (χ1n) is 9.27. The fourth-order valence-corrected chi connectivity index (χ4v) is 4.21. The molecule has 1 fully saturated rings. The fraction of sp³-hybridized carbons (Fsp3) is 0.400. The summed E-state index contributed by atoms with van der Waals surface area (Å²) in [4.78, 5) is 4.38. The van der Waals surface area contributed by atoms with Crippen molar-refractivity contribution in [2.75, 3.05) is 0 Å². The first kappa shape index (κ1) is 21.3. The molecule has 0 unspecified atom stereocenters. The average Bonchev–Trinajstić information content (AvgIpc) is 3.19. The quantitative estimate of drug-likeness (QED) is 0.262. The number of hydrogen-bond donors (Lipinski definition) is 1. The van der Waals surface area contributed by atoms with Gasteiger partial charge in [-0.25, -0.2) is 4.98 Å². The van der Waals surface area contributed by atoms with Crippen LogP contribution in [0.5, 0.6) is 11.5 Å². The van der Waals surface area contributed by atoms with E-state index in [1.165, 1.54) is 49.9 Å². The van der Waals surface area contributed by atoms with Crippen molar-refractivity contribution in [1.82, 2.24) is 4.98 Å². The minimum atomic E-state index is -4.72. The van der Waals surface area contributed by atoms with Gasteiger partial charge in [-0.1, -0.05) is 30.1 Å². The van der Waals surface area contributed by atoms with E-state index in [0.29, 0.717) is 17.4 Å². The van der Waals surface area contributed by atoms with Crippen molar-refractivity contribution in [3.05, 3.63) is 48.2 Å². The van der Waals surface area contributed by atoms with Gasteiger partial charge in [-0.15, -0.1) is 24.9 Å². The van der Waals surface area contributed by atoms with E-state index in [1.54, 1.807) is 24.0 Å². The van der Waals surface area contributed by atoms with Crippen LogP contribution in [0.3, 0.4) is 0 Å². The highest BCUT2D eigenvalue weighted by molar-refractivity contribution is 7.99. The fourth-order valence-electron chi connectivity index (χ4n) is 3.04. The number of halogens is 3. The maximum absolute atomic E-state index is 12.2. The van der Waals surface area contributed by atoms with E-state index in [1.807, 2.05) is 6.07 Å². The van der Waals surface area contributed by atoms with E-state index >= 15 is 0 Å². The van der Waals surface area contributed by atoms with E-state index in [4.69, 9.17) is 4.74 Å². The predicted octanol–water partition coefficient (Wildman–Crippen LogP) is 5.81. The maximum Gasteiger partial charge on any atom is 0.573 e. The van der Waals surface area contributed by atoms with Gasteiger partial charge in [0, 0.05) is 11.7 Å². The van der Waals surface area contributed by atoms with Gasteiger partial charge in [0.1, 0.15) is 11.5 Å². The molecule has 0 saturated heterocycles. The lowest BCUT2D eigenvalue weighted by molar-refractivity contribution is -0.274. The van der Waals surface area contributed by atoms with Crippen LogP contribution in [-0.4, -0.2) is 27.7 Å². The van der Waals surface area contributed by atoms with E-state index in [-0.39, 0.29) is 18.1 Å². The van der Waals surface area contributed by atoms with Crippen LogP contribution in [0.25, 0.3) is 0 Å². The molecular weight excluding hydrogens is 405 g/mol. The largest absolute Gasteiger partial charge is 0.573 e. The Morgan fingerprint density at radius 3 is 2.38 bits per heavy atom. The number of oxime groups is 1. The summed E-state index contributed by atoms with van der Waals surface area (Å²) in [5.41, 5.74) is 0.755. The Balaban J connectivity index is 1.49. The summed E-state index contributed by atoms with van der Waals surface area (Å²) in [6, 6.07) is 9.18. The van der Waals surface area contributed by atoms with Crippen LogP contribution < -0.4 is 9.47 Å². The van der Waals surface area contributed by atoms with Crippen LogP contribution in [0.4, 0.5) is 13.2 Å². The van der Waals surface area contributed by atoms with E-state index in [2.05, 4.69) is 14.9 Å². The van der Waals surface area contributed by atoms with Crippen molar-refractivity contribution < 1.29 is 27.9 Å². The van der Waals surface area contributed by atoms with Crippen LogP contribution in [-0.2, 0) is 6.42 Å². The van der Waals surface area contributed by atoms with Gasteiger partial charge in [0.05, 0.1) is 11.2 Å². The van der Waals surface area contributed by atoms with Crippen LogP contribution in [0.15, 0.2) is 52.8 Å². The van der Waals surface area contributed by atoms with Crippen molar-refractivity contribution in [3.63, 3.8) is 0 Å². The van der Waals surface area contributed by atoms with Gasteiger partial charge < -0.3 is 14.7 Å². The third-order valence-corrected chi connectivity index (χ3v) is 5.72. The van der Waals surface area contributed by atoms with Gasteiger partial charge in [0.15, 0.2) is 0 Å². The Kier molecular flexibility index (Phi) is 7.24. The van der Waals surface area contributed by atoms with Gasteiger partial charge in [-0.3, -0.25) is 0 Å². The molecule has 0 atom stereocenters. The molecule has 5 nitrogen and oxygen atoms in total. The normalized spacial score (nSPS) is 15.5. The van der Waals surface area contributed by atoms with E-state index in [0.717, 1.165) is 10.6 Å². The van der Waals surface area contributed by atoms with E-state index in [9.17, 15) is 18.4 Å². The first-order valence-corrected chi connectivity index (χ1v) is 10.2. The Labute approximate surface area is 170 Å². The van der Waals surface area contributed by atoms with Crippen LogP contribution in [0.2, 0.25) is 0 Å². The molecule has 1 N–H and O–H groups in total. The summed E-state index contributed by atoms with van der Waals surface area (Å²) in [5.74, 6) is 0.274. The number of rotatable bonds is 7. The first-order chi connectivity index (χ1) is 13.9. The molecule has 2 aromatic rings. The zero-order valence-electron chi connectivity index (χ0n) is 15.6. The zero-order chi connectivity index (χ0) is 20.7. The van der Waals surface area contributed by atoms with Crippen LogP contribution in [0, 0.1) is 0 Å². The van der Waals surface area contributed by atoms with Gasteiger partial charge in [0.25, 0.3) is 0 Å². The number of nitrogens with zero attached hydrogens (tertiary/aromatic N) is 2. The van der Waals surface area contributed by atoms with Crippen LogP contribution in [0.1, 0.15) is 37.7 Å². The molecule has 0 bridgehead atoms. The van der Waals surface area contributed by atoms with Gasteiger partial charge in [-0.2, -0.15) is 0 Å². The smallest absolute Gasteiger partial charge is 0.438 e. The SMILES string of the molecule is O/N=C(\CCc1ccc(OC(F)(F)F)cc1)Oc1ccc(SC2CCCC2)nc1. The second-order valence-electron chi connectivity index (χ2n) is 6.64. The van der Waals surface area contributed by atoms with Crippen molar-refractivity contribution in [3.8, 4) is 11.5 Å². The van der Waals surface area contributed by atoms with Crippen molar-refractivity contribution in [2.45, 2.75) is 55.2 Å². The summed E-state index contributed by atoms with van der Waals surface area (Å²) in [6.45, 7) is 0. The zero-order valence-corrected chi connectivity index (χ0v) is 16.4. The monoisotopic (exact) mass is 426 g/mol. The lowest BCUT2D eigenvalue weighted by atomic mass is 10.1. The highest BCUT2D eigenvalue weighted by Crippen LogP contribution is 2.34. The summed E-state index contributed by atoms with van der Waals surface area (Å²) in [5, 5.41) is 13.9. The molecule has 29 heavy (non-hydrogen) atoms. The Morgan fingerprint density at radius 2 is 1.79 bits per heavy atom. The third-order valence-electron chi connectivity index (χ3n) is 4.43. The minimum absolute atomic E-state index is 0.0959. The summed E-state index contributed by atoms with van der Waals surface area (Å²) in [6.07, 6.45) is 2.55. The molecule has 0 radical (unpaired) electrons.